The Kier molecular flexibility index (Phi) is 12.4. The van der Waals surface area contributed by atoms with Crippen molar-refractivity contribution >= 4 is 35.1 Å². The largest absolute Gasteiger partial charge is 0.497 e. The van der Waals surface area contributed by atoms with Gasteiger partial charge in [0.25, 0.3) is 5.91 Å². The molecule has 0 spiro atoms. The molecule has 11 nitrogen and oxygen atoms in total. The number of amides is 1. The molecule has 1 heterocycles. The van der Waals surface area contributed by atoms with Crippen LogP contribution in [0.4, 0.5) is 11.6 Å². The van der Waals surface area contributed by atoms with Crippen LogP contribution < -0.4 is 26.3 Å². The number of nitrogens with two attached hydrogens (primary N) is 2. The number of hydrogen-bond acceptors (Lipinski definition) is 9. The van der Waals surface area contributed by atoms with E-state index in [2.05, 4.69) is 46.6 Å². The lowest BCUT2D eigenvalue weighted by Crippen LogP contribution is -2.55. The normalized spacial score (nSPS) is 11.9. The van der Waals surface area contributed by atoms with Crippen molar-refractivity contribution in [3.8, 4) is 11.5 Å². The molecule has 0 bridgehead atoms. The van der Waals surface area contributed by atoms with E-state index in [1.165, 1.54) is 18.2 Å². The summed E-state index contributed by atoms with van der Waals surface area (Å²) < 4.78 is 16.1. The van der Waals surface area contributed by atoms with E-state index in [9.17, 15) is 9.59 Å². The number of quaternary nitrogens is 1. The van der Waals surface area contributed by atoms with E-state index < -0.39 is 17.9 Å². The van der Waals surface area contributed by atoms with Crippen LogP contribution in [-0.4, -0.2) is 80.4 Å². The molecular weight excluding hydrogens is 572 g/mol. The molecule has 232 valence electrons. The number of hydrogen-bond donors (Lipinski definition) is 3. The van der Waals surface area contributed by atoms with Gasteiger partial charge in [-0.2, -0.15) is 0 Å². The second-order valence-electron chi connectivity index (χ2n) is 10.7. The number of carbonyl (C=O) groups is 2. The van der Waals surface area contributed by atoms with Gasteiger partial charge in [-0.3, -0.25) is 9.59 Å². The van der Waals surface area contributed by atoms with Gasteiger partial charge in [0.2, 0.25) is 0 Å². The molecule has 0 saturated carbocycles. The molecule has 3 aromatic rings. The minimum Gasteiger partial charge on any atom is -0.497 e. The van der Waals surface area contributed by atoms with Crippen LogP contribution in [0, 0.1) is 0 Å². The summed E-state index contributed by atoms with van der Waals surface area (Å²) in [6.45, 7) is 2.11. The van der Waals surface area contributed by atoms with Crippen LogP contribution >= 0.6 is 11.6 Å². The molecule has 0 saturated heterocycles. The van der Waals surface area contributed by atoms with Gasteiger partial charge in [-0.1, -0.05) is 35.9 Å². The maximum Gasteiger partial charge on any atom is 0.307 e. The van der Waals surface area contributed by atoms with Crippen molar-refractivity contribution in [1.29, 1.82) is 0 Å². The predicted molar refractivity (Wildman–Crippen MR) is 167 cm³/mol. The first-order chi connectivity index (χ1) is 20.6. The number of methoxy groups -OCH3 is 3. The van der Waals surface area contributed by atoms with Gasteiger partial charge in [0.1, 0.15) is 11.5 Å². The number of anilines is 2. The Hall–Kier alpha value is -4.09. The molecule has 0 fully saturated rings. The van der Waals surface area contributed by atoms with E-state index in [0.717, 1.165) is 50.3 Å². The molecule has 0 aliphatic heterocycles. The highest BCUT2D eigenvalue weighted by molar-refractivity contribution is 6.31. The van der Waals surface area contributed by atoms with Crippen LogP contribution in [0.2, 0.25) is 5.15 Å². The average Bonchev–Trinajstić information content (AvgIpc) is 2.99. The fourth-order valence-corrected chi connectivity index (χ4v) is 5.18. The SMILES string of the molecule is COC(=O)CC(C[N+](C)(CCCc1ccc(OC)cc1)CCCc1ccc(OC)cc1)NC(=O)c1nc(Cl)c(N)nc1N. The molecule has 43 heavy (non-hydrogen) atoms. The highest BCUT2D eigenvalue weighted by Gasteiger charge is 2.30. The Balaban J connectivity index is 1.77. The first-order valence-electron chi connectivity index (χ1n) is 14.1. The smallest absolute Gasteiger partial charge is 0.307 e. The Labute approximate surface area is 258 Å². The minimum absolute atomic E-state index is 0.0247. The van der Waals surface area contributed by atoms with E-state index >= 15 is 0 Å². The van der Waals surface area contributed by atoms with Gasteiger partial charge < -0.3 is 35.5 Å². The number of ether oxygens (including phenoxy) is 3. The van der Waals surface area contributed by atoms with Gasteiger partial charge >= 0.3 is 5.97 Å². The summed E-state index contributed by atoms with van der Waals surface area (Å²) in [7, 11) is 6.77. The van der Waals surface area contributed by atoms with Gasteiger partial charge in [-0.05, 0) is 48.2 Å². The summed E-state index contributed by atoms with van der Waals surface area (Å²) in [5.41, 5.74) is 13.9. The lowest BCUT2D eigenvalue weighted by molar-refractivity contribution is -0.911. The highest BCUT2D eigenvalue weighted by Crippen LogP contribution is 2.20. The fraction of sp³-hybridized carbons (Fsp3) is 0.419. The number of nitrogens with zero attached hydrogens (tertiary/aromatic N) is 3. The van der Waals surface area contributed by atoms with E-state index in [4.69, 9.17) is 37.3 Å². The zero-order chi connectivity index (χ0) is 31.4. The highest BCUT2D eigenvalue weighted by atomic mass is 35.5. The maximum absolute atomic E-state index is 13.2. The first-order valence-corrected chi connectivity index (χ1v) is 14.5. The minimum atomic E-state index is -0.594. The van der Waals surface area contributed by atoms with Crippen molar-refractivity contribution in [2.45, 2.75) is 38.1 Å². The summed E-state index contributed by atoms with van der Waals surface area (Å²) >= 11 is 6.00. The second-order valence-corrected chi connectivity index (χ2v) is 11.1. The van der Waals surface area contributed by atoms with Crippen LogP contribution in [0.1, 0.15) is 40.9 Å². The number of aryl methyl sites for hydroxylation is 2. The molecule has 1 unspecified atom stereocenters. The Morgan fingerprint density at radius 2 is 1.37 bits per heavy atom. The number of benzene rings is 2. The van der Waals surface area contributed by atoms with Gasteiger partial charge in [0.05, 0.1) is 60.5 Å². The maximum atomic E-state index is 13.2. The second kappa shape index (κ2) is 15.9. The van der Waals surface area contributed by atoms with Crippen molar-refractivity contribution in [2.75, 3.05) is 59.5 Å². The zero-order valence-corrected chi connectivity index (χ0v) is 26.0. The molecule has 1 atom stereocenters. The molecule has 0 aliphatic carbocycles. The number of aromatic nitrogens is 2. The Morgan fingerprint density at radius 3 is 1.84 bits per heavy atom. The molecule has 0 aliphatic rings. The number of halogens is 1. The number of nitrogen functional groups attached to an aromatic ring is 2. The van der Waals surface area contributed by atoms with Crippen molar-refractivity contribution in [1.82, 2.24) is 15.3 Å². The third kappa shape index (κ3) is 10.3. The van der Waals surface area contributed by atoms with Crippen LogP contribution in [0.15, 0.2) is 48.5 Å². The first kappa shape index (κ1) is 33.4. The van der Waals surface area contributed by atoms with E-state index in [0.29, 0.717) is 11.0 Å². The number of carbonyl (C=O) groups excluding carboxylic acids is 2. The summed E-state index contributed by atoms with van der Waals surface area (Å²) in [5, 5.41) is 2.79. The topological polar surface area (TPSA) is 152 Å². The lowest BCUT2D eigenvalue weighted by atomic mass is 10.1. The average molecular weight is 614 g/mol. The van der Waals surface area contributed by atoms with Gasteiger partial charge in [0.15, 0.2) is 22.5 Å². The zero-order valence-electron chi connectivity index (χ0n) is 25.3. The van der Waals surface area contributed by atoms with Gasteiger partial charge in [-0.15, -0.1) is 0 Å². The standard InChI is InChI=1S/C31H41ClN6O5/c1-38(17-5-7-21-9-13-24(41-2)14-10-21,18-6-8-22-11-15-25(42-3)16-12-22)20-23(19-26(39)43-4)35-31(40)27-29(33)37-30(34)28(32)36-27/h9-16,23H,5-8,17-20H2,1-4H3,(H4-,33,34,35,37,40)/p+1. The number of rotatable bonds is 16. The molecular formula is C31H42ClN6O5+. The molecule has 3 rings (SSSR count). The van der Waals surface area contributed by atoms with Crippen LogP contribution in [0.3, 0.4) is 0 Å². The summed E-state index contributed by atoms with van der Waals surface area (Å²) in [6.07, 6.45) is 3.52. The molecule has 2 aromatic carbocycles. The van der Waals surface area contributed by atoms with Crippen LogP contribution in [0.25, 0.3) is 0 Å². The number of likely N-dealkylation sites (N-methyl/N-ethyl adjacent to an activating group) is 1. The van der Waals surface area contributed by atoms with Crippen molar-refractivity contribution in [2.24, 2.45) is 0 Å². The Morgan fingerprint density at radius 1 is 0.860 bits per heavy atom. The molecule has 0 radical (unpaired) electrons. The van der Waals surface area contributed by atoms with Gasteiger partial charge in [-0.25, -0.2) is 9.97 Å². The van der Waals surface area contributed by atoms with E-state index in [1.807, 2.05) is 24.3 Å². The summed E-state index contributed by atoms with van der Waals surface area (Å²) in [4.78, 5) is 33.5. The van der Waals surface area contributed by atoms with Crippen molar-refractivity contribution < 1.29 is 28.3 Å². The number of esters is 1. The summed E-state index contributed by atoms with van der Waals surface area (Å²) in [5.74, 6) is 0.382. The van der Waals surface area contributed by atoms with Gasteiger partial charge in [0, 0.05) is 12.8 Å². The third-order valence-corrected chi connectivity index (χ3v) is 7.68. The van der Waals surface area contributed by atoms with E-state index in [1.54, 1.807) is 14.2 Å². The molecule has 5 N–H and O–H groups in total. The lowest BCUT2D eigenvalue weighted by Gasteiger charge is -2.38. The number of nitrogens with one attached hydrogen (secondary N) is 1. The van der Waals surface area contributed by atoms with Crippen LogP contribution in [0.5, 0.6) is 11.5 Å². The third-order valence-electron chi connectivity index (χ3n) is 7.40. The van der Waals surface area contributed by atoms with Crippen molar-refractivity contribution in [3.63, 3.8) is 0 Å². The monoisotopic (exact) mass is 613 g/mol. The van der Waals surface area contributed by atoms with E-state index in [-0.39, 0.29) is 28.9 Å². The summed E-state index contributed by atoms with van der Waals surface area (Å²) in [6, 6.07) is 15.5. The molecule has 1 aromatic heterocycles. The Bertz CT molecular complexity index is 1300. The predicted octanol–water partition coefficient (Wildman–Crippen LogP) is 3.69. The molecule has 12 heteroatoms. The van der Waals surface area contributed by atoms with Crippen molar-refractivity contribution in [3.05, 3.63) is 70.5 Å². The van der Waals surface area contributed by atoms with Crippen LogP contribution in [-0.2, 0) is 22.4 Å². The molecule has 1 amide bonds. The fourth-order valence-electron chi connectivity index (χ4n) is 5.05. The quantitative estimate of drug-likeness (QED) is 0.162.